The summed E-state index contributed by atoms with van der Waals surface area (Å²) in [5, 5.41) is 9.05. The highest BCUT2D eigenvalue weighted by molar-refractivity contribution is 8.26. The number of carbonyl (C=O) groups is 2. The number of thioether (sulfide) groups is 1. The maximum Gasteiger partial charge on any atom is 0.326 e. The van der Waals surface area contributed by atoms with Crippen LogP contribution in [0.15, 0.2) is 23.1 Å². The van der Waals surface area contributed by atoms with Gasteiger partial charge in [0.1, 0.15) is 10.4 Å². The van der Waals surface area contributed by atoms with Gasteiger partial charge >= 0.3 is 5.97 Å². The molecule has 22 heavy (non-hydrogen) atoms. The fourth-order valence-electron chi connectivity index (χ4n) is 2.08. The second-order valence-corrected chi connectivity index (χ2v) is 6.35. The Bertz CT molecular complexity index is 715. The smallest absolute Gasteiger partial charge is 0.326 e. The number of fused-ring (bicyclic) bond motifs is 1. The van der Waals surface area contributed by atoms with Gasteiger partial charge < -0.3 is 14.6 Å². The third-order valence-corrected chi connectivity index (χ3v) is 4.59. The Labute approximate surface area is 135 Å². The molecule has 1 amide bonds. The predicted octanol–water partition coefficient (Wildman–Crippen LogP) is 2.09. The molecule has 0 aromatic heterocycles. The molecule has 2 heterocycles. The van der Waals surface area contributed by atoms with E-state index in [-0.39, 0.29) is 11.1 Å². The zero-order chi connectivity index (χ0) is 15.9. The van der Waals surface area contributed by atoms with Crippen molar-refractivity contribution in [2.45, 2.75) is 13.0 Å². The maximum atomic E-state index is 12.3. The van der Waals surface area contributed by atoms with Crippen LogP contribution in [0.1, 0.15) is 12.5 Å². The molecule has 1 aromatic rings. The van der Waals surface area contributed by atoms with Crippen LogP contribution in [0.2, 0.25) is 0 Å². The molecule has 1 saturated heterocycles. The van der Waals surface area contributed by atoms with E-state index in [0.29, 0.717) is 16.4 Å². The molecule has 6 nitrogen and oxygen atoms in total. The SMILES string of the molecule is CC(C(=O)O)N1C(=O)/C(=C/c2ccc3c(c2)OCO3)SC1=S. The van der Waals surface area contributed by atoms with Gasteiger partial charge in [0.2, 0.25) is 6.79 Å². The van der Waals surface area contributed by atoms with Crippen molar-refractivity contribution in [3.63, 3.8) is 0 Å². The molecule has 2 aliphatic rings. The number of hydrogen-bond donors (Lipinski definition) is 1. The maximum absolute atomic E-state index is 12.3. The zero-order valence-corrected chi connectivity index (χ0v) is 13.1. The van der Waals surface area contributed by atoms with Crippen LogP contribution in [-0.2, 0) is 9.59 Å². The van der Waals surface area contributed by atoms with E-state index < -0.39 is 17.9 Å². The van der Waals surface area contributed by atoms with Gasteiger partial charge in [-0.15, -0.1) is 0 Å². The number of carboxylic acids is 1. The summed E-state index contributed by atoms with van der Waals surface area (Å²) >= 11 is 6.19. The Morgan fingerprint density at radius 1 is 1.45 bits per heavy atom. The molecular formula is C14H11NO5S2. The number of aliphatic carboxylic acids is 1. The highest BCUT2D eigenvalue weighted by atomic mass is 32.2. The highest BCUT2D eigenvalue weighted by Crippen LogP contribution is 2.37. The largest absolute Gasteiger partial charge is 0.480 e. The molecule has 1 atom stereocenters. The molecular weight excluding hydrogens is 326 g/mol. The molecule has 1 unspecified atom stereocenters. The van der Waals surface area contributed by atoms with Gasteiger partial charge in [0.05, 0.1) is 4.91 Å². The van der Waals surface area contributed by atoms with Crippen LogP contribution in [0, 0.1) is 0 Å². The minimum Gasteiger partial charge on any atom is -0.480 e. The Kier molecular flexibility index (Phi) is 3.79. The molecule has 1 N–H and O–H groups in total. The lowest BCUT2D eigenvalue weighted by molar-refractivity contribution is -0.144. The van der Waals surface area contributed by atoms with Crippen LogP contribution in [0.3, 0.4) is 0 Å². The molecule has 0 saturated carbocycles. The standard InChI is InChI=1S/C14H11NO5S2/c1-7(13(17)18)15-12(16)11(22-14(15)21)5-8-2-3-9-10(4-8)20-6-19-9/h2-5,7H,6H2,1H3,(H,17,18)/b11-5-. The van der Waals surface area contributed by atoms with E-state index in [9.17, 15) is 9.59 Å². The van der Waals surface area contributed by atoms with Crippen LogP contribution in [0.25, 0.3) is 6.08 Å². The first-order valence-electron chi connectivity index (χ1n) is 6.37. The number of carboxylic acid groups (broad SMARTS) is 1. The molecule has 0 radical (unpaired) electrons. The van der Waals surface area contributed by atoms with E-state index in [1.54, 1.807) is 24.3 Å². The number of carbonyl (C=O) groups excluding carboxylic acids is 1. The minimum atomic E-state index is -1.10. The first-order valence-corrected chi connectivity index (χ1v) is 7.59. The first kappa shape index (κ1) is 14.9. The number of benzene rings is 1. The third kappa shape index (κ3) is 2.55. The number of ether oxygens (including phenoxy) is 2. The monoisotopic (exact) mass is 337 g/mol. The van der Waals surface area contributed by atoms with Crippen molar-refractivity contribution in [3.8, 4) is 11.5 Å². The number of hydrogen-bond acceptors (Lipinski definition) is 6. The van der Waals surface area contributed by atoms with Crippen LogP contribution in [0.5, 0.6) is 11.5 Å². The first-order chi connectivity index (χ1) is 10.5. The van der Waals surface area contributed by atoms with Gasteiger partial charge in [-0.05, 0) is 30.7 Å². The number of rotatable bonds is 3. The summed E-state index contributed by atoms with van der Waals surface area (Å²) in [7, 11) is 0. The van der Waals surface area contributed by atoms with E-state index in [4.69, 9.17) is 26.8 Å². The summed E-state index contributed by atoms with van der Waals surface area (Å²) in [5.41, 5.74) is 0.757. The molecule has 1 aromatic carbocycles. The van der Waals surface area contributed by atoms with Gasteiger partial charge in [0.15, 0.2) is 11.5 Å². The Hall–Kier alpha value is -2.06. The van der Waals surface area contributed by atoms with E-state index >= 15 is 0 Å². The van der Waals surface area contributed by atoms with Crippen LogP contribution in [0.4, 0.5) is 0 Å². The molecule has 2 aliphatic heterocycles. The van der Waals surface area contributed by atoms with Crippen molar-refractivity contribution in [2.75, 3.05) is 6.79 Å². The molecule has 1 fully saturated rings. The topological polar surface area (TPSA) is 76.1 Å². The van der Waals surface area contributed by atoms with Gasteiger partial charge in [-0.25, -0.2) is 4.79 Å². The predicted molar refractivity (Wildman–Crippen MR) is 84.7 cm³/mol. The van der Waals surface area contributed by atoms with Crippen molar-refractivity contribution in [1.82, 2.24) is 4.90 Å². The van der Waals surface area contributed by atoms with Gasteiger partial charge in [0.25, 0.3) is 5.91 Å². The molecule has 0 spiro atoms. The van der Waals surface area contributed by atoms with Crippen LogP contribution >= 0.6 is 24.0 Å². The lowest BCUT2D eigenvalue weighted by Crippen LogP contribution is -2.41. The van der Waals surface area contributed by atoms with E-state index in [2.05, 4.69) is 0 Å². The van der Waals surface area contributed by atoms with Gasteiger partial charge in [-0.2, -0.15) is 0 Å². The van der Waals surface area contributed by atoms with Crippen molar-refractivity contribution in [3.05, 3.63) is 28.7 Å². The fraction of sp³-hybridized carbons (Fsp3) is 0.214. The molecule has 8 heteroatoms. The second-order valence-electron chi connectivity index (χ2n) is 4.68. The molecule has 0 aliphatic carbocycles. The second kappa shape index (κ2) is 5.62. The van der Waals surface area contributed by atoms with Gasteiger partial charge in [-0.1, -0.05) is 30.0 Å². The summed E-state index contributed by atoms with van der Waals surface area (Å²) in [5.74, 6) is -0.226. The van der Waals surface area contributed by atoms with Crippen molar-refractivity contribution in [1.29, 1.82) is 0 Å². The Morgan fingerprint density at radius 2 is 2.18 bits per heavy atom. The summed E-state index contributed by atoms with van der Waals surface area (Å²) in [6, 6.07) is 4.32. The number of amides is 1. The van der Waals surface area contributed by atoms with Gasteiger partial charge in [-0.3, -0.25) is 9.69 Å². The third-order valence-electron chi connectivity index (χ3n) is 3.26. The average Bonchev–Trinajstić information content (AvgIpc) is 3.03. The fourth-order valence-corrected chi connectivity index (χ4v) is 3.50. The normalized spacial score (nSPS) is 19.9. The zero-order valence-electron chi connectivity index (χ0n) is 11.4. The highest BCUT2D eigenvalue weighted by Gasteiger charge is 2.38. The molecule has 0 bridgehead atoms. The van der Waals surface area contributed by atoms with Crippen LogP contribution in [-0.4, -0.2) is 39.0 Å². The quantitative estimate of drug-likeness (QED) is 0.668. The van der Waals surface area contributed by atoms with E-state index in [1.165, 1.54) is 6.92 Å². The van der Waals surface area contributed by atoms with Gasteiger partial charge in [0, 0.05) is 0 Å². The number of thiocarbonyl (C=S) groups is 1. The number of nitrogens with zero attached hydrogens (tertiary/aromatic N) is 1. The van der Waals surface area contributed by atoms with E-state index in [0.717, 1.165) is 22.2 Å². The Balaban J connectivity index is 1.88. The van der Waals surface area contributed by atoms with Crippen molar-refractivity contribution in [2.24, 2.45) is 0 Å². The average molecular weight is 337 g/mol. The summed E-state index contributed by atoms with van der Waals surface area (Å²) in [6.45, 7) is 1.60. The van der Waals surface area contributed by atoms with Crippen molar-refractivity contribution < 1.29 is 24.2 Å². The van der Waals surface area contributed by atoms with Crippen molar-refractivity contribution >= 4 is 46.3 Å². The lowest BCUT2D eigenvalue weighted by Gasteiger charge is -2.18. The Morgan fingerprint density at radius 3 is 2.91 bits per heavy atom. The van der Waals surface area contributed by atoms with Crippen LogP contribution < -0.4 is 9.47 Å². The minimum absolute atomic E-state index is 0.178. The summed E-state index contributed by atoms with van der Waals surface area (Å²) in [4.78, 5) is 24.9. The lowest BCUT2D eigenvalue weighted by atomic mass is 10.2. The van der Waals surface area contributed by atoms with E-state index in [1.807, 2.05) is 0 Å². The summed E-state index contributed by atoms with van der Waals surface area (Å²) in [6.07, 6.45) is 1.66. The molecule has 3 rings (SSSR count). The summed E-state index contributed by atoms with van der Waals surface area (Å²) < 4.78 is 10.8. The molecule has 114 valence electrons.